The Morgan fingerprint density at radius 2 is 1.90 bits per heavy atom. The third kappa shape index (κ3) is 2.74. The van der Waals surface area contributed by atoms with E-state index in [-0.39, 0.29) is 23.3 Å². The van der Waals surface area contributed by atoms with E-state index in [9.17, 15) is 10.2 Å². The van der Waals surface area contributed by atoms with Crippen molar-refractivity contribution in [1.29, 1.82) is 0 Å². The van der Waals surface area contributed by atoms with Gasteiger partial charge in [-0.05, 0) is 56.7 Å². The Hall–Kier alpha value is -1.70. The third-order valence-electron chi connectivity index (χ3n) is 4.32. The fourth-order valence-corrected chi connectivity index (χ4v) is 3.13. The predicted molar refractivity (Wildman–Crippen MR) is 83.2 cm³/mol. The molecular formula is C18H24O2. The van der Waals surface area contributed by atoms with Gasteiger partial charge < -0.3 is 10.2 Å². The Kier molecular flexibility index (Phi) is 4.22. The standard InChI is InChI=1S/C18H24O2/c1-5-13-9-16(19)18(17(20)10-13)15-8-12(4)6-7-14(15)11(2)3/h8-10,14-15,19-20H,2,5-7H2,1,3-4H3/t14-,15?/m0/s1. The molecule has 0 amide bonds. The van der Waals surface area contributed by atoms with E-state index in [0.29, 0.717) is 5.56 Å². The Morgan fingerprint density at radius 1 is 1.30 bits per heavy atom. The van der Waals surface area contributed by atoms with E-state index in [0.717, 1.165) is 30.4 Å². The SMILES string of the molecule is C=C(C)[C@@H]1CCC(C)=CC1c1c(O)cc(CC)cc1O. The highest BCUT2D eigenvalue weighted by molar-refractivity contribution is 5.51. The Labute approximate surface area is 121 Å². The first-order chi connectivity index (χ1) is 9.43. The van der Waals surface area contributed by atoms with Gasteiger partial charge >= 0.3 is 0 Å². The van der Waals surface area contributed by atoms with Crippen LogP contribution in [0.25, 0.3) is 0 Å². The Morgan fingerprint density at radius 3 is 2.40 bits per heavy atom. The second-order valence-electron chi connectivity index (χ2n) is 5.93. The van der Waals surface area contributed by atoms with E-state index in [2.05, 4.69) is 19.6 Å². The average Bonchev–Trinajstić information content (AvgIpc) is 2.37. The molecule has 1 aromatic rings. The van der Waals surface area contributed by atoms with Crippen LogP contribution in [-0.2, 0) is 6.42 Å². The molecule has 1 aliphatic carbocycles. The molecule has 2 rings (SSSR count). The monoisotopic (exact) mass is 272 g/mol. The molecule has 0 fully saturated rings. The molecule has 0 aromatic heterocycles. The van der Waals surface area contributed by atoms with Crippen molar-refractivity contribution in [2.75, 3.05) is 0 Å². The summed E-state index contributed by atoms with van der Waals surface area (Å²) in [6, 6.07) is 3.53. The lowest BCUT2D eigenvalue weighted by atomic mass is 9.73. The number of phenols is 2. The zero-order valence-corrected chi connectivity index (χ0v) is 12.6. The first kappa shape index (κ1) is 14.7. The second kappa shape index (κ2) is 5.74. The van der Waals surface area contributed by atoms with Crippen molar-refractivity contribution >= 4 is 0 Å². The molecule has 1 unspecified atom stereocenters. The highest BCUT2D eigenvalue weighted by atomic mass is 16.3. The molecule has 0 aliphatic heterocycles. The maximum absolute atomic E-state index is 10.3. The fraction of sp³-hybridized carbons (Fsp3) is 0.444. The van der Waals surface area contributed by atoms with Crippen molar-refractivity contribution in [2.24, 2.45) is 5.92 Å². The summed E-state index contributed by atoms with van der Waals surface area (Å²) in [5.74, 6) is 0.697. The summed E-state index contributed by atoms with van der Waals surface area (Å²) < 4.78 is 0. The van der Waals surface area contributed by atoms with Gasteiger partial charge in [-0.1, -0.05) is 30.7 Å². The average molecular weight is 272 g/mol. The van der Waals surface area contributed by atoms with E-state index in [1.54, 1.807) is 12.1 Å². The summed E-state index contributed by atoms with van der Waals surface area (Å²) in [5, 5.41) is 20.6. The quantitative estimate of drug-likeness (QED) is 0.785. The van der Waals surface area contributed by atoms with Gasteiger partial charge in [0, 0.05) is 11.5 Å². The minimum absolute atomic E-state index is 0.0205. The second-order valence-corrected chi connectivity index (χ2v) is 5.93. The molecule has 2 nitrogen and oxygen atoms in total. The first-order valence-electron chi connectivity index (χ1n) is 7.31. The lowest BCUT2D eigenvalue weighted by Gasteiger charge is -2.31. The Balaban J connectivity index is 2.52. The van der Waals surface area contributed by atoms with Gasteiger partial charge in [0.25, 0.3) is 0 Å². The van der Waals surface area contributed by atoms with Crippen LogP contribution in [0.4, 0.5) is 0 Å². The molecule has 0 radical (unpaired) electrons. The zero-order valence-electron chi connectivity index (χ0n) is 12.6. The van der Waals surface area contributed by atoms with Gasteiger partial charge in [-0.25, -0.2) is 0 Å². The van der Waals surface area contributed by atoms with Crippen LogP contribution in [0.3, 0.4) is 0 Å². The molecule has 108 valence electrons. The van der Waals surface area contributed by atoms with Gasteiger partial charge in [-0.15, -0.1) is 0 Å². The highest BCUT2D eigenvalue weighted by Gasteiger charge is 2.29. The number of hydrogen-bond donors (Lipinski definition) is 2. The first-order valence-corrected chi connectivity index (χ1v) is 7.31. The largest absolute Gasteiger partial charge is 0.507 e. The van der Waals surface area contributed by atoms with Crippen molar-refractivity contribution in [2.45, 2.75) is 46.0 Å². The van der Waals surface area contributed by atoms with Crippen LogP contribution in [0.1, 0.15) is 50.7 Å². The molecule has 2 heteroatoms. The summed E-state index contributed by atoms with van der Waals surface area (Å²) in [7, 11) is 0. The smallest absolute Gasteiger partial charge is 0.123 e. The van der Waals surface area contributed by atoms with Gasteiger partial charge in [0.1, 0.15) is 11.5 Å². The number of rotatable bonds is 3. The van der Waals surface area contributed by atoms with Crippen LogP contribution in [0.2, 0.25) is 0 Å². The molecule has 20 heavy (non-hydrogen) atoms. The number of phenolic OH excluding ortho intramolecular Hbond substituents is 2. The molecule has 0 saturated carbocycles. The van der Waals surface area contributed by atoms with E-state index < -0.39 is 0 Å². The van der Waals surface area contributed by atoms with Crippen LogP contribution in [-0.4, -0.2) is 10.2 Å². The number of benzene rings is 1. The summed E-state index contributed by atoms with van der Waals surface area (Å²) >= 11 is 0. The molecular weight excluding hydrogens is 248 g/mol. The molecule has 0 saturated heterocycles. The van der Waals surface area contributed by atoms with Crippen LogP contribution in [0.5, 0.6) is 11.5 Å². The fourth-order valence-electron chi connectivity index (χ4n) is 3.13. The zero-order chi connectivity index (χ0) is 14.9. The van der Waals surface area contributed by atoms with E-state index >= 15 is 0 Å². The topological polar surface area (TPSA) is 40.5 Å². The van der Waals surface area contributed by atoms with Gasteiger partial charge in [0.05, 0.1) is 0 Å². The maximum atomic E-state index is 10.3. The number of aromatic hydroxyl groups is 2. The molecule has 0 bridgehead atoms. The van der Waals surface area contributed by atoms with Crippen molar-refractivity contribution in [3.63, 3.8) is 0 Å². The van der Waals surface area contributed by atoms with Crippen LogP contribution < -0.4 is 0 Å². The minimum Gasteiger partial charge on any atom is -0.507 e. The van der Waals surface area contributed by atoms with Crippen LogP contribution >= 0.6 is 0 Å². The van der Waals surface area contributed by atoms with Crippen molar-refractivity contribution < 1.29 is 10.2 Å². The van der Waals surface area contributed by atoms with Crippen LogP contribution in [0.15, 0.2) is 35.9 Å². The van der Waals surface area contributed by atoms with Crippen molar-refractivity contribution in [3.8, 4) is 11.5 Å². The summed E-state index contributed by atoms with van der Waals surface area (Å²) in [6.45, 7) is 10.2. The van der Waals surface area contributed by atoms with Gasteiger partial charge in [-0.3, -0.25) is 0 Å². The number of allylic oxidation sites excluding steroid dienone is 3. The van der Waals surface area contributed by atoms with Gasteiger partial charge in [0.2, 0.25) is 0 Å². The van der Waals surface area contributed by atoms with E-state index in [4.69, 9.17) is 0 Å². The summed E-state index contributed by atoms with van der Waals surface area (Å²) in [4.78, 5) is 0. The lowest BCUT2D eigenvalue weighted by molar-refractivity contribution is 0.406. The third-order valence-corrected chi connectivity index (χ3v) is 4.32. The number of aryl methyl sites for hydroxylation is 1. The normalized spacial score (nSPS) is 22.4. The van der Waals surface area contributed by atoms with Crippen molar-refractivity contribution in [3.05, 3.63) is 47.1 Å². The maximum Gasteiger partial charge on any atom is 0.123 e. The van der Waals surface area contributed by atoms with Gasteiger partial charge in [-0.2, -0.15) is 0 Å². The number of hydrogen-bond acceptors (Lipinski definition) is 2. The summed E-state index contributed by atoms with van der Waals surface area (Å²) in [6.07, 6.45) is 5.05. The van der Waals surface area contributed by atoms with Crippen molar-refractivity contribution in [1.82, 2.24) is 0 Å². The van der Waals surface area contributed by atoms with Gasteiger partial charge in [0.15, 0.2) is 0 Å². The molecule has 1 aromatic carbocycles. The van der Waals surface area contributed by atoms with Crippen LogP contribution in [0, 0.1) is 5.92 Å². The van der Waals surface area contributed by atoms with E-state index in [1.165, 1.54) is 5.57 Å². The predicted octanol–water partition coefficient (Wildman–Crippen LogP) is 4.68. The molecule has 0 spiro atoms. The summed E-state index contributed by atoms with van der Waals surface area (Å²) in [5.41, 5.74) is 4.02. The minimum atomic E-state index is 0.0205. The highest BCUT2D eigenvalue weighted by Crippen LogP contribution is 2.46. The molecule has 2 N–H and O–H groups in total. The Bertz CT molecular complexity index is 532. The van der Waals surface area contributed by atoms with E-state index in [1.807, 2.05) is 13.8 Å². The molecule has 0 heterocycles. The lowest BCUT2D eigenvalue weighted by Crippen LogP contribution is -2.17. The molecule has 1 aliphatic rings. The molecule has 2 atom stereocenters.